The number of hydrogen-bond donors (Lipinski definition) is 2. The molecule has 4 nitrogen and oxygen atoms in total. The van der Waals surface area contributed by atoms with Crippen molar-refractivity contribution in [2.24, 2.45) is 5.92 Å². The molecule has 2 rings (SSSR count). The molecule has 4 unspecified atom stereocenters. The molecular formula is C16H31NO3. The highest BCUT2D eigenvalue weighted by Crippen LogP contribution is 2.25. The first kappa shape index (κ1) is 16.2. The minimum absolute atomic E-state index is 0.330. The molecule has 0 aromatic heterocycles. The van der Waals surface area contributed by atoms with Crippen molar-refractivity contribution in [3.63, 3.8) is 0 Å². The molecule has 0 amide bonds. The average Bonchev–Trinajstić information content (AvgIpc) is 2.46. The summed E-state index contributed by atoms with van der Waals surface area (Å²) < 4.78 is 11.5. The second-order valence-electron chi connectivity index (χ2n) is 6.53. The molecule has 0 aromatic rings. The molecule has 1 aliphatic heterocycles. The molecule has 0 spiro atoms. The van der Waals surface area contributed by atoms with Crippen LogP contribution in [0.3, 0.4) is 0 Å². The average molecular weight is 285 g/mol. The molecule has 2 aliphatic rings. The van der Waals surface area contributed by atoms with Crippen LogP contribution in [0.15, 0.2) is 0 Å². The molecule has 2 N–H and O–H groups in total. The number of aliphatic hydroxyl groups excluding tert-OH is 1. The highest BCUT2D eigenvalue weighted by atomic mass is 16.5. The van der Waals surface area contributed by atoms with Crippen LogP contribution in [0.4, 0.5) is 0 Å². The molecule has 20 heavy (non-hydrogen) atoms. The molecule has 4 heteroatoms. The minimum Gasteiger partial charge on any atom is -0.389 e. The van der Waals surface area contributed by atoms with Crippen molar-refractivity contribution in [2.75, 3.05) is 26.3 Å². The van der Waals surface area contributed by atoms with Gasteiger partial charge in [0.05, 0.1) is 24.9 Å². The van der Waals surface area contributed by atoms with Crippen LogP contribution >= 0.6 is 0 Å². The molecule has 118 valence electrons. The lowest BCUT2D eigenvalue weighted by atomic mass is 9.89. The van der Waals surface area contributed by atoms with E-state index >= 15 is 0 Å². The molecule has 0 aromatic carbocycles. The van der Waals surface area contributed by atoms with Crippen molar-refractivity contribution in [1.82, 2.24) is 5.32 Å². The van der Waals surface area contributed by atoms with Crippen LogP contribution < -0.4 is 5.32 Å². The van der Waals surface area contributed by atoms with Gasteiger partial charge in [-0.25, -0.2) is 0 Å². The maximum Gasteiger partial charge on any atom is 0.0897 e. The summed E-state index contributed by atoms with van der Waals surface area (Å²) >= 11 is 0. The molecule has 1 saturated heterocycles. The van der Waals surface area contributed by atoms with Crippen LogP contribution in [0, 0.1) is 5.92 Å². The Balaban J connectivity index is 1.50. The van der Waals surface area contributed by atoms with Crippen molar-refractivity contribution in [3.8, 4) is 0 Å². The van der Waals surface area contributed by atoms with Gasteiger partial charge in [0, 0.05) is 19.7 Å². The third-order valence-corrected chi connectivity index (χ3v) is 4.44. The molecule has 4 atom stereocenters. The highest BCUT2D eigenvalue weighted by Gasteiger charge is 2.20. The number of hydrogen-bond acceptors (Lipinski definition) is 4. The summed E-state index contributed by atoms with van der Waals surface area (Å²) in [6.45, 7) is 5.07. The van der Waals surface area contributed by atoms with Crippen LogP contribution in [0.25, 0.3) is 0 Å². The topological polar surface area (TPSA) is 50.7 Å². The van der Waals surface area contributed by atoms with E-state index in [-0.39, 0.29) is 0 Å². The van der Waals surface area contributed by atoms with Gasteiger partial charge in [0.2, 0.25) is 0 Å². The second-order valence-corrected chi connectivity index (χ2v) is 6.53. The number of aliphatic hydroxyl groups is 1. The van der Waals surface area contributed by atoms with Crippen molar-refractivity contribution in [1.29, 1.82) is 0 Å². The van der Waals surface area contributed by atoms with Crippen LogP contribution in [0.1, 0.15) is 51.9 Å². The monoisotopic (exact) mass is 285 g/mol. The number of rotatable bonds is 7. The third-order valence-electron chi connectivity index (χ3n) is 4.44. The SMILES string of the molecule is CC1CCCC(OCC(O)CNCC2CCCCO2)C1. The first-order valence-corrected chi connectivity index (χ1v) is 8.36. The van der Waals surface area contributed by atoms with Gasteiger partial charge in [0.1, 0.15) is 0 Å². The van der Waals surface area contributed by atoms with E-state index in [4.69, 9.17) is 9.47 Å². The summed E-state index contributed by atoms with van der Waals surface area (Å²) in [4.78, 5) is 0. The maximum atomic E-state index is 9.95. The van der Waals surface area contributed by atoms with E-state index in [0.717, 1.165) is 38.3 Å². The van der Waals surface area contributed by atoms with Crippen molar-refractivity contribution in [3.05, 3.63) is 0 Å². The lowest BCUT2D eigenvalue weighted by molar-refractivity contribution is -0.0326. The summed E-state index contributed by atoms with van der Waals surface area (Å²) in [6.07, 6.45) is 8.76. The standard InChI is InChI=1S/C16H31NO3/c1-13-5-4-7-15(9-13)20-12-14(18)10-17-11-16-6-2-3-8-19-16/h13-18H,2-12H2,1H3. The zero-order valence-electron chi connectivity index (χ0n) is 12.9. The molecule has 0 radical (unpaired) electrons. The minimum atomic E-state index is -0.407. The van der Waals surface area contributed by atoms with Gasteiger partial charge in [-0.15, -0.1) is 0 Å². The fourth-order valence-electron chi connectivity index (χ4n) is 3.22. The molecule has 1 heterocycles. The predicted octanol–water partition coefficient (Wildman–Crippen LogP) is 2.10. The van der Waals surface area contributed by atoms with Crippen LogP contribution in [-0.4, -0.2) is 49.7 Å². The van der Waals surface area contributed by atoms with E-state index in [9.17, 15) is 5.11 Å². The lowest BCUT2D eigenvalue weighted by Crippen LogP contribution is -2.38. The van der Waals surface area contributed by atoms with Crippen molar-refractivity contribution < 1.29 is 14.6 Å². The Morgan fingerprint density at radius 1 is 1.25 bits per heavy atom. The van der Waals surface area contributed by atoms with Crippen molar-refractivity contribution >= 4 is 0 Å². The number of nitrogens with one attached hydrogen (secondary N) is 1. The summed E-state index contributed by atoms with van der Waals surface area (Å²) in [7, 11) is 0. The second kappa shape index (κ2) is 8.98. The molecule has 1 aliphatic carbocycles. The van der Waals surface area contributed by atoms with Gasteiger partial charge in [-0.05, 0) is 38.0 Å². The van der Waals surface area contributed by atoms with Crippen LogP contribution in [0.2, 0.25) is 0 Å². The van der Waals surface area contributed by atoms with Gasteiger partial charge in [-0.2, -0.15) is 0 Å². The predicted molar refractivity (Wildman–Crippen MR) is 79.8 cm³/mol. The van der Waals surface area contributed by atoms with E-state index in [0.29, 0.717) is 25.4 Å². The maximum absolute atomic E-state index is 9.95. The third kappa shape index (κ3) is 6.08. The van der Waals surface area contributed by atoms with Crippen LogP contribution in [-0.2, 0) is 9.47 Å². The molecular weight excluding hydrogens is 254 g/mol. The van der Waals surface area contributed by atoms with E-state index in [1.54, 1.807) is 0 Å². The van der Waals surface area contributed by atoms with Crippen LogP contribution in [0.5, 0.6) is 0 Å². The van der Waals surface area contributed by atoms with Gasteiger partial charge < -0.3 is 19.9 Å². The lowest BCUT2D eigenvalue weighted by Gasteiger charge is -2.28. The Hall–Kier alpha value is -0.160. The van der Waals surface area contributed by atoms with Gasteiger partial charge in [0.25, 0.3) is 0 Å². The Bertz CT molecular complexity index is 256. The quantitative estimate of drug-likeness (QED) is 0.752. The first-order valence-electron chi connectivity index (χ1n) is 8.36. The fourth-order valence-corrected chi connectivity index (χ4v) is 3.22. The van der Waals surface area contributed by atoms with Gasteiger partial charge in [0.15, 0.2) is 0 Å². The van der Waals surface area contributed by atoms with Gasteiger partial charge in [-0.3, -0.25) is 0 Å². The van der Waals surface area contributed by atoms with E-state index < -0.39 is 6.10 Å². The summed E-state index contributed by atoms with van der Waals surface area (Å²) in [5.74, 6) is 0.771. The Morgan fingerprint density at radius 2 is 2.15 bits per heavy atom. The highest BCUT2D eigenvalue weighted by molar-refractivity contribution is 4.72. The van der Waals surface area contributed by atoms with E-state index in [2.05, 4.69) is 12.2 Å². The Morgan fingerprint density at radius 3 is 2.90 bits per heavy atom. The zero-order chi connectivity index (χ0) is 14.2. The largest absolute Gasteiger partial charge is 0.389 e. The van der Waals surface area contributed by atoms with Crippen molar-refractivity contribution in [2.45, 2.75) is 70.2 Å². The normalized spacial score (nSPS) is 33.0. The molecule has 2 fully saturated rings. The van der Waals surface area contributed by atoms with E-state index in [1.807, 2.05) is 0 Å². The summed E-state index contributed by atoms with van der Waals surface area (Å²) in [5.41, 5.74) is 0. The molecule has 0 bridgehead atoms. The first-order chi connectivity index (χ1) is 9.74. The summed E-state index contributed by atoms with van der Waals surface area (Å²) in [6, 6.07) is 0. The van der Waals surface area contributed by atoms with Gasteiger partial charge >= 0.3 is 0 Å². The fraction of sp³-hybridized carbons (Fsp3) is 1.00. The van der Waals surface area contributed by atoms with Gasteiger partial charge in [-0.1, -0.05) is 19.8 Å². The molecule has 1 saturated carbocycles. The Kier molecular flexibility index (Phi) is 7.28. The summed E-state index contributed by atoms with van der Waals surface area (Å²) in [5, 5.41) is 13.2. The smallest absolute Gasteiger partial charge is 0.0897 e. The zero-order valence-corrected chi connectivity index (χ0v) is 12.9. The van der Waals surface area contributed by atoms with E-state index in [1.165, 1.54) is 25.7 Å². The number of ether oxygens (including phenoxy) is 2. The Labute approximate surface area is 123 Å².